The maximum atomic E-state index is 12.6. The van der Waals surface area contributed by atoms with Crippen LogP contribution in [0.3, 0.4) is 0 Å². The van der Waals surface area contributed by atoms with Crippen LogP contribution in [0.1, 0.15) is 28.4 Å². The summed E-state index contributed by atoms with van der Waals surface area (Å²) in [6, 6.07) is 15.5. The molecule has 0 heterocycles. The zero-order valence-corrected chi connectivity index (χ0v) is 12.8. The van der Waals surface area contributed by atoms with Gasteiger partial charge in [0, 0.05) is 18.7 Å². The fourth-order valence-corrected chi connectivity index (χ4v) is 2.24. The van der Waals surface area contributed by atoms with E-state index in [1.54, 1.807) is 7.11 Å². The van der Waals surface area contributed by atoms with Crippen molar-refractivity contribution in [3.8, 4) is 5.75 Å². The first-order chi connectivity index (χ1) is 10.1. The Morgan fingerprint density at radius 1 is 1.14 bits per heavy atom. The van der Waals surface area contributed by atoms with Crippen molar-refractivity contribution in [3.05, 3.63) is 65.2 Å². The highest BCUT2D eigenvalue weighted by atomic mass is 16.5. The number of amides is 1. The van der Waals surface area contributed by atoms with Crippen molar-refractivity contribution in [1.82, 2.24) is 4.90 Å². The molecule has 2 aromatic carbocycles. The molecular formula is C18H21NO2. The molecule has 3 nitrogen and oxygen atoms in total. The zero-order valence-electron chi connectivity index (χ0n) is 12.8. The van der Waals surface area contributed by atoms with Gasteiger partial charge in [-0.1, -0.05) is 29.8 Å². The summed E-state index contributed by atoms with van der Waals surface area (Å²) in [6.45, 7) is 5.28. The predicted molar refractivity (Wildman–Crippen MR) is 84.6 cm³/mol. The maximum absolute atomic E-state index is 12.6. The van der Waals surface area contributed by atoms with Crippen molar-refractivity contribution in [3.63, 3.8) is 0 Å². The molecule has 3 heteroatoms. The van der Waals surface area contributed by atoms with Gasteiger partial charge in [0.05, 0.1) is 7.11 Å². The van der Waals surface area contributed by atoms with Crippen LogP contribution in [0.2, 0.25) is 0 Å². The number of hydrogen-bond donors (Lipinski definition) is 0. The van der Waals surface area contributed by atoms with Gasteiger partial charge in [-0.05, 0) is 43.7 Å². The molecule has 0 saturated carbocycles. The Hall–Kier alpha value is -2.29. The summed E-state index contributed by atoms with van der Waals surface area (Å²) < 4.78 is 5.15. The molecule has 0 bridgehead atoms. The molecule has 0 fully saturated rings. The van der Waals surface area contributed by atoms with Gasteiger partial charge >= 0.3 is 0 Å². The van der Waals surface area contributed by atoms with Gasteiger partial charge in [0.2, 0.25) is 0 Å². The van der Waals surface area contributed by atoms with E-state index >= 15 is 0 Å². The number of carbonyl (C=O) groups is 1. The molecule has 21 heavy (non-hydrogen) atoms. The highest BCUT2D eigenvalue weighted by Gasteiger charge is 2.14. The van der Waals surface area contributed by atoms with Gasteiger partial charge in [-0.2, -0.15) is 0 Å². The first-order valence-corrected chi connectivity index (χ1v) is 7.13. The molecule has 1 amide bonds. The van der Waals surface area contributed by atoms with E-state index in [0.29, 0.717) is 13.1 Å². The van der Waals surface area contributed by atoms with Gasteiger partial charge in [-0.25, -0.2) is 0 Å². The highest BCUT2D eigenvalue weighted by Crippen LogP contribution is 2.15. The van der Waals surface area contributed by atoms with Crippen LogP contribution < -0.4 is 4.74 Å². The number of nitrogens with zero attached hydrogens (tertiary/aromatic N) is 1. The van der Waals surface area contributed by atoms with Gasteiger partial charge in [0.1, 0.15) is 5.75 Å². The highest BCUT2D eigenvalue weighted by molar-refractivity contribution is 5.94. The number of carbonyl (C=O) groups excluding carboxylic acids is 1. The van der Waals surface area contributed by atoms with Crippen LogP contribution in [0.15, 0.2) is 48.5 Å². The van der Waals surface area contributed by atoms with Gasteiger partial charge in [-0.3, -0.25) is 4.79 Å². The molecular weight excluding hydrogens is 262 g/mol. The molecule has 0 aliphatic heterocycles. The van der Waals surface area contributed by atoms with Crippen molar-refractivity contribution in [2.45, 2.75) is 20.4 Å². The van der Waals surface area contributed by atoms with Crippen molar-refractivity contribution in [1.29, 1.82) is 0 Å². The average Bonchev–Trinajstić information content (AvgIpc) is 2.52. The first kappa shape index (κ1) is 15.1. The Morgan fingerprint density at radius 3 is 2.43 bits per heavy atom. The smallest absolute Gasteiger partial charge is 0.254 e. The first-order valence-electron chi connectivity index (χ1n) is 7.13. The Kier molecular flexibility index (Phi) is 4.99. The number of benzene rings is 2. The summed E-state index contributed by atoms with van der Waals surface area (Å²) in [5, 5.41) is 0. The summed E-state index contributed by atoms with van der Waals surface area (Å²) in [7, 11) is 1.65. The van der Waals surface area contributed by atoms with E-state index in [9.17, 15) is 4.79 Å². The standard InChI is InChI=1S/C18H21NO2/c1-4-19(13-15-8-10-17(21-3)11-9-15)18(20)16-7-5-6-14(2)12-16/h5-12H,4,13H2,1-3H3. The van der Waals surface area contributed by atoms with E-state index < -0.39 is 0 Å². The number of hydrogen-bond acceptors (Lipinski definition) is 2. The second-order valence-corrected chi connectivity index (χ2v) is 5.04. The van der Waals surface area contributed by atoms with Crippen LogP contribution in [0.4, 0.5) is 0 Å². The molecule has 0 aliphatic rings. The van der Waals surface area contributed by atoms with Crippen LogP contribution in [-0.4, -0.2) is 24.5 Å². The van der Waals surface area contributed by atoms with Gasteiger partial charge in [0.15, 0.2) is 0 Å². The van der Waals surface area contributed by atoms with E-state index in [-0.39, 0.29) is 5.91 Å². The normalized spacial score (nSPS) is 10.2. The number of aryl methyl sites for hydroxylation is 1. The lowest BCUT2D eigenvalue weighted by Crippen LogP contribution is -2.30. The van der Waals surface area contributed by atoms with Gasteiger partial charge in [0.25, 0.3) is 5.91 Å². The maximum Gasteiger partial charge on any atom is 0.254 e. The summed E-state index contributed by atoms with van der Waals surface area (Å²) in [5.74, 6) is 0.892. The van der Waals surface area contributed by atoms with Gasteiger partial charge < -0.3 is 9.64 Å². The molecule has 0 spiro atoms. The molecule has 0 unspecified atom stereocenters. The lowest BCUT2D eigenvalue weighted by Gasteiger charge is -2.21. The minimum Gasteiger partial charge on any atom is -0.497 e. The summed E-state index contributed by atoms with van der Waals surface area (Å²) in [6.07, 6.45) is 0. The van der Waals surface area contributed by atoms with E-state index in [0.717, 1.165) is 22.4 Å². The van der Waals surface area contributed by atoms with E-state index in [1.165, 1.54) is 0 Å². The van der Waals surface area contributed by atoms with E-state index in [2.05, 4.69) is 0 Å². The molecule has 0 saturated heterocycles. The van der Waals surface area contributed by atoms with E-state index in [1.807, 2.05) is 67.3 Å². The van der Waals surface area contributed by atoms with Crippen molar-refractivity contribution < 1.29 is 9.53 Å². The molecule has 0 radical (unpaired) electrons. The third kappa shape index (κ3) is 3.85. The van der Waals surface area contributed by atoms with E-state index in [4.69, 9.17) is 4.74 Å². The monoisotopic (exact) mass is 283 g/mol. The molecule has 0 aliphatic carbocycles. The summed E-state index contributed by atoms with van der Waals surface area (Å²) >= 11 is 0. The van der Waals surface area contributed by atoms with Crippen molar-refractivity contribution >= 4 is 5.91 Å². The number of rotatable bonds is 5. The molecule has 0 aromatic heterocycles. The molecule has 2 rings (SSSR count). The largest absolute Gasteiger partial charge is 0.497 e. The van der Waals surface area contributed by atoms with Crippen LogP contribution in [0, 0.1) is 6.92 Å². The quantitative estimate of drug-likeness (QED) is 0.838. The van der Waals surface area contributed by atoms with Crippen LogP contribution >= 0.6 is 0 Å². The number of ether oxygens (including phenoxy) is 1. The third-order valence-electron chi connectivity index (χ3n) is 3.47. The third-order valence-corrected chi connectivity index (χ3v) is 3.47. The van der Waals surface area contributed by atoms with Gasteiger partial charge in [-0.15, -0.1) is 0 Å². The molecule has 0 N–H and O–H groups in total. The van der Waals surface area contributed by atoms with Crippen LogP contribution in [0.25, 0.3) is 0 Å². The average molecular weight is 283 g/mol. The second kappa shape index (κ2) is 6.93. The van der Waals surface area contributed by atoms with Crippen LogP contribution in [0.5, 0.6) is 5.75 Å². The minimum absolute atomic E-state index is 0.0667. The topological polar surface area (TPSA) is 29.5 Å². The zero-order chi connectivity index (χ0) is 15.2. The lowest BCUT2D eigenvalue weighted by atomic mass is 10.1. The predicted octanol–water partition coefficient (Wildman–Crippen LogP) is 3.67. The molecule has 0 atom stereocenters. The fraction of sp³-hybridized carbons (Fsp3) is 0.278. The number of methoxy groups -OCH3 is 1. The summed E-state index contributed by atoms with van der Waals surface area (Å²) in [4.78, 5) is 14.4. The Bertz CT molecular complexity index is 605. The minimum atomic E-state index is 0.0667. The fourth-order valence-electron chi connectivity index (χ4n) is 2.24. The Labute approximate surface area is 126 Å². The second-order valence-electron chi connectivity index (χ2n) is 5.04. The van der Waals surface area contributed by atoms with Crippen LogP contribution in [-0.2, 0) is 6.54 Å². The molecule has 2 aromatic rings. The Morgan fingerprint density at radius 2 is 1.86 bits per heavy atom. The SMILES string of the molecule is CCN(Cc1ccc(OC)cc1)C(=O)c1cccc(C)c1. The Balaban J connectivity index is 2.13. The lowest BCUT2D eigenvalue weighted by molar-refractivity contribution is 0.0752. The molecule has 110 valence electrons. The van der Waals surface area contributed by atoms with Crippen molar-refractivity contribution in [2.24, 2.45) is 0 Å². The van der Waals surface area contributed by atoms with Crippen molar-refractivity contribution in [2.75, 3.05) is 13.7 Å². The summed E-state index contributed by atoms with van der Waals surface area (Å²) in [5.41, 5.74) is 2.94.